The number of carbonyl (C=O) groups excluding carboxylic acids is 1. The molecule has 1 aromatic carbocycles. The third-order valence-corrected chi connectivity index (χ3v) is 4.41. The quantitative estimate of drug-likeness (QED) is 0.870. The fourth-order valence-corrected chi connectivity index (χ4v) is 3.10. The summed E-state index contributed by atoms with van der Waals surface area (Å²) in [5, 5.41) is 17.8. The van der Waals surface area contributed by atoms with Gasteiger partial charge in [0.25, 0.3) is 0 Å². The first-order valence-electron chi connectivity index (χ1n) is 6.34. The van der Waals surface area contributed by atoms with Crippen LogP contribution in [0.25, 0.3) is 0 Å². The lowest BCUT2D eigenvalue weighted by Crippen LogP contribution is -2.39. The van der Waals surface area contributed by atoms with Crippen molar-refractivity contribution in [2.75, 3.05) is 6.54 Å². The number of hydrogen-bond donors (Lipinski definition) is 2. The monoisotopic (exact) mass is 343 g/mol. The van der Waals surface area contributed by atoms with Gasteiger partial charge in [-0.2, -0.15) is 11.3 Å². The van der Waals surface area contributed by atoms with Crippen LogP contribution in [0.3, 0.4) is 0 Å². The number of carbonyl (C=O) groups is 1. The average Bonchev–Trinajstić information content (AvgIpc) is 2.95. The molecule has 0 saturated heterocycles. The number of rotatable bonds is 5. The molecule has 0 radical (unpaired) electrons. The van der Waals surface area contributed by atoms with Gasteiger partial charge in [-0.3, -0.25) is 4.79 Å². The molecule has 112 valence electrons. The third-order valence-electron chi connectivity index (χ3n) is 3.14. The summed E-state index contributed by atoms with van der Waals surface area (Å²) < 4.78 is 0. The molecule has 1 unspecified atom stereocenters. The van der Waals surface area contributed by atoms with E-state index in [1.807, 2.05) is 16.8 Å². The Labute approximate surface area is 137 Å². The van der Waals surface area contributed by atoms with Crippen LogP contribution in [0.15, 0.2) is 35.0 Å². The smallest absolute Gasteiger partial charge is 0.224 e. The van der Waals surface area contributed by atoms with Crippen LogP contribution in [0.1, 0.15) is 18.1 Å². The Morgan fingerprint density at radius 1 is 1.38 bits per heavy atom. The maximum Gasteiger partial charge on any atom is 0.224 e. The standard InChI is InChI=1S/C15H15Cl2NO2S/c1-15(20,11-4-5-21-8-11)9-18-14(19)6-10-2-3-12(16)7-13(10)17/h2-5,7-8,20H,6,9H2,1H3,(H,18,19). The molecule has 3 nitrogen and oxygen atoms in total. The Bertz CT molecular complexity index is 627. The van der Waals surface area contributed by atoms with E-state index in [-0.39, 0.29) is 18.9 Å². The molecule has 1 aromatic heterocycles. The Hall–Kier alpha value is -1.07. The summed E-state index contributed by atoms with van der Waals surface area (Å²) in [5.74, 6) is -0.199. The van der Waals surface area contributed by atoms with Crippen molar-refractivity contribution in [1.82, 2.24) is 5.32 Å². The normalized spacial score (nSPS) is 13.7. The van der Waals surface area contributed by atoms with E-state index in [0.29, 0.717) is 15.6 Å². The largest absolute Gasteiger partial charge is 0.384 e. The van der Waals surface area contributed by atoms with Crippen molar-refractivity contribution < 1.29 is 9.90 Å². The Morgan fingerprint density at radius 3 is 2.76 bits per heavy atom. The van der Waals surface area contributed by atoms with E-state index in [2.05, 4.69) is 5.32 Å². The molecular weight excluding hydrogens is 329 g/mol. The molecule has 0 bridgehead atoms. The predicted octanol–water partition coefficient (Wildman–Crippen LogP) is 3.62. The number of hydrogen-bond acceptors (Lipinski definition) is 3. The maximum absolute atomic E-state index is 12.0. The number of benzene rings is 1. The van der Waals surface area contributed by atoms with Crippen LogP contribution in [0.5, 0.6) is 0 Å². The number of aliphatic hydroxyl groups is 1. The molecule has 1 amide bonds. The van der Waals surface area contributed by atoms with Gasteiger partial charge in [0.15, 0.2) is 0 Å². The number of halogens is 2. The zero-order valence-electron chi connectivity index (χ0n) is 11.4. The van der Waals surface area contributed by atoms with Gasteiger partial charge in [-0.25, -0.2) is 0 Å². The van der Waals surface area contributed by atoms with Crippen molar-refractivity contribution >= 4 is 40.4 Å². The van der Waals surface area contributed by atoms with Crippen molar-refractivity contribution in [3.63, 3.8) is 0 Å². The lowest BCUT2D eigenvalue weighted by Gasteiger charge is -2.22. The van der Waals surface area contributed by atoms with Crippen LogP contribution in [-0.2, 0) is 16.8 Å². The summed E-state index contributed by atoms with van der Waals surface area (Å²) in [6.07, 6.45) is 0.149. The highest BCUT2D eigenvalue weighted by atomic mass is 35.5. The first kappa shape index (κ1) is 16.3. The predicted molar refractivity (Wildman–Crippen MR) is 87.1 cm³/mol. The van der Waals surface area contributed by atoms with E-state index in [4.69, 9.17) is 23.2 Å². The van der Waals surface area contributed by atoms with E-state index in [1.165, 1.54) is 11.3 Å². The van der Waals surface area contributed by atoms with Gasteiger partial charge in [0, 0.05) is 10.0 Å². The third kappa shape index (κ3) is 4.45. The van der Waals surface area contributed by atoms with E-state index < -0.39 is 5.60 Å². The van der Waals surface area contributed by atoms with E-state index in [1.54, 1.807) is 25.1 Å². The molecular formula is C15H15Cl2NO2S. The molecule has 0 saturated carbocycles. The first-order chi connectivity index (χ1) is 9.88. The minimum Gasteiger partial charge on any atom is -0.384 e. The Kier molecular flexibility index (Phi) is 5.27. The highest BCUT2D eigenvalue weighted by Gasteiger charge is 2.24. The summed E-state index contributed by atoms with van der Waals surface area (Å²) in [4.78, 5) is 12.0. The fraction of sp³-hybridized carbons (Fsp3) is 0.267. The van der Waals surface area contributed by atoms with E-state index in [9.17, 15) is 9.90 Å². The van der Waals surface area contributed by atoms with Gasteiger partial charge < -0.3 is 10.4 Å². The minimum atomic E-state index is -1.08. The van der Waals surface area contributed by atoms with Crippen molar-refractivity contribution in [1.29, 1.82) is 0 Å². The second-order valence-corrected chi connectivity index (χ2v) is 6.60. The van der Waals surface area contributed by atoms with Gasteiger partial charge in [-0.1, -0.05) is 29.3 Å². The summed E-state index contributed by atoms with van der Waals surface area (Å²) in [6.45, 7) is 1.82. The first-order valence-corrected chi connectivity index (χ1v) is 8.04. The Morgan fingerprint density at radius 2 is 2.14 bits per heavy atom. The van der Waals surface area contributed by atoms with Crippen LogP contribution < -0.4 is 5.32 Å². The van der Waals surface area contributed by atoms with Crippen LogP contribution in [-0.4, -0.2) is 17.6 Å². The molecule has 21 heavy (non-hydrogen) atoms. The summed E-state index contributed by atoms with van der Waals surface area (Å²) in [5.41, 5.74) is 0.408. The molecule has 0 aliphatic carbocycles. The number of thiophene rings is 1. The molecule has 2 aromatic rings. The van der Waals surface area contributed by atoms with Gasteiger partial charge in [-0.05, 0) is 47.0 Å². The molecule has 0 aliphatic rings. The molecule has 0 fully saturated rings. The highest BCUT2D eigenvalue weighted by Crippen LogP contribution is 2.23. The van der Waals surface area contributed by atoms with Crippen molar-refractivity contribution in [3.05, 3.63) is 56.2 Å². The molecule has 1 heterocycles. The zero-order chi connectivity index (χ0) is 15.5. The van der Waals surface area contributed by atoms with Crippen molar-refractivity contribution in [2.45, 2.75) is 18.9 Å². The van der Waals surface area contributed by atoms with Crippen LogP contribution in [0.4, 0.5) is 0 Å². The fourth-order valence-electron chi connectivity index (χ4n) is 1.84. The molecule has 2 rings (SSSR count). The Balaban J connectivity index is 1.93. The van der Waals surface area contributed by atoms with E-state index in [0.717, 1.165) is 5.56 Å². The lowest BCUT2D eigenvalue weighted by atomic mass is 9.99. The van der Waals surface area contributed by atoms with Gasteiger partial charge in [0.1, 0.15) is 5.60 Å². The van der Waals surface area contributed by atoms with Crippen LogP contribution in [0.2, 0.25) is 10.0 Å². The van der Waals surface area contributed by atoms with Crippen molar-refractivity contribution in [2.24, 2.45) is 0 Å². The molecule has 1 atom stereocenters. The topological polar surface area (TPSA) is 49.3 Å². The van der Waals surface area contributed by atoms with Crippen LogP contribution >= 0.6 is 34.5 Å². The molecule has 0 aliphatic heterocycles. The van der Waals surface area contributed by atoms with Gasteiger partial charge in [0.05, 0.1) is 13.0 Å². The zero-order valence-corrected chi connectivity index (χ0v) is 13.7. The minimum absolute atomic E-state index is 0.147. The molecule has 0 spiro atoms. The van der Waals surface area contributed by atoms with E-state index >= 15 is 0 Å². The average molecular weight is 344 g/mol. The SMILES string of the molecule is CC(O)(CNC(=O)Cc1ccc(Cl)cc1Cl)c1ccsc1. The van der Waals surface area contributed by atoms with Gasteiger partial charge in [0.2, 0.25) is 5.91 Å². The summed E-state index contributed by atoms with van der Waals surface area (Å²) in [6, 6.07) is 6.86. The molecule has 2 N–H and O–H groups in total. The van der Waals surface area contributed by atoms with Crippen LogP contribution in [0, 0.1) is 0 Å². The number of amides is 1. The van der Waals surface area contributed by atoms with Gasteiger partial charge >= 0.3 is 0 Å². The number of nitrogens with one attached hydrogen (secondary N) is 1. The second-order valence-electron chi connectivity index (χ2n) is 4.98. The maximum atomic E-state index is 12.0. The summed E-state index contributed by atoms with van der Waals surface area (Å²) >= 11 is 13.4. The summed E-state index contributed by atoms with van der Waals surface area (Å²) in [7, 11) is 0. The highest BCUT2D eigenvalue weighted by molar-refractivity contribution is 7.08. The van der Waals surface area contributed by atoms with Crippen molar-refractivity contribution in [3.8, 4) is 0 Å². The van der Waals surface area contributed by atoms with Gasteiger partial charge in [-0.15, -0.1) is 0 Å². The lowest BCUT2D eigenvalue weighted by molar-refractivity contribution is -0.121. The molecule has 6 heteroatoms. The second kappa shape index (κ2) is 6.79.